The smallest absolute Gasteiger partial charge is 0.410 e. The molecule has 0 fully saturated rings. The molecule has 0 aliphatic carbocycles. The molecule has 0 aliphatic rings. The first-order valence-electron chi connectivity index (χ1n) is 15.7. The Morgan fingerprint density at radius 2 is 1.39 bits per heavy atom. The van der Waals surface area contributed by atoms with E-state index in [1.54, 1.807) is 91.6 Å². The van der Waals surface area contributed by atoms with Crippen LogP contribution in [0.15, 0.2) is 24.4 Å². The number of benzene rings is 1. The molecule has 1 atom stereocenters. The van der Waals surface area contributed by atoms with Crippen LogP contribution >= 0.6 is 0 Å². The van der Waals surface area contributed by atoms with Gasteiger partial charge in [0.1, 0.15) is 28.6 Å². The van der Waals surface area contributed by atoms with Gasteiger partial charge in [-0.2, -0.15) is 0 Å². The minimum absolute atomic E-state index is 0.0864. The summed E-state index contributed by atoms with van der Waals surface area (Å²) in [6.45, 7) is 17.3. The number of hydrogen-bond donors (Lipinski definition) is 5. The predicted molar refractivity (Wildman–Crippen MR) is 176 cm³/mol. The second-order valence-corrected chi connectivity index (χ2v) is 14.2. The summed E-state index contributed by atoms with van der Waals surface area (Å²) in [5.41, 5.74) is -0.499. The van der Waals surface area contributed by atoms with Crippen molar-refractivity contribution in [3.8, 4) is 5.75 Å². The fourth-order valence-electron chi connectivity index (χ4n) is 4.37. The normalized spacial score (nSPS) is 12.6. The van der Waals surface area contributed by atoms with Gasteiger partial charge in [0.2, 0.25) is 5.91 Å². The molecule has 4 amide bonds. The average molecular weight is 648 g/mol. The Morgan fingerprint density at radius 1 is 0.804 bits per heavy atom. The van der Waals surface area contributed by atoms with Gasteiger partial charge < -0.3 is 45.2 Å². The number of ether oxygens (including phenoxy) is 3. The van der Waals surface area contributed by atoms with Crippen molar-refractivity contribution in [1.82, 2.24) is 25.8 Å². The number of rotatable bonds is 13. The van der Waals surface area contributed by atoms with E-state index >= 15 is 0 Å². The molecule has 1 unspecified atom stereocenters. The zero-order valence-corrected chi connectivity index (χ0v) is 28.8. The van der Waals surface area contributed by atoms with Crippen LogP contribution in [0.5, 0.6) is 5.75 Å². The monoisotopic (exact) mass is 647 g/mol. The fourth-order valence-corrected chi connectivity index (χ4v) is 4.37. The molecule has 0 saturated heterocycles. The lowest BCUT2D eigenvalue weighted by Gasteiger charge is -2.28. The van der Waals surface area contributed by atoms with Gasteiger partial charge in [0.15, 0.2) is 0 Å². The van der Waals surface area contributed by atoms with Gasteiger partial charge in [-0.3, -0.25) is 4.79 Å². The summed E-state index contributed by atoms with van der Waals surface area (Å²) in [7, 11) is 0. The van der Waals surface area contributed by atoms with E-state index in [1.807, 2.05) is 0 Å². The van der Waals surface area contributed by atoms with E-state index in [0.717, 1.165) is 16.5 Å². The van der Waals surface area contributed by atoms with Gasteiger partial charge in [-0.15, -0.1) is 0 Å². The van der Waals surface area contributed by atoms with E-state index in [2.05, 4.69) is 20.9 Å². The standard InChI is InChI=1S/C33H53N5O8/c1-31(2,3)44-28(41)35-15-10-11-17-38(30(43)46-33(7,8)9)18-12-16-34-27(40)26(37-29(42)45-32(4,5)6)19-22-21-36-25-14-13-23(39)20-24(22)25/h13-14,20-21,26,36,39H,10-12,15-19H2,1-9H3,(H,34,40)(H,35,41)(H,37,42). The van der Waals surface area contributed by atoms with Gasteiger partial charge in [-0.05, 0) is 105 Å². The maximum Gasteiger partial charge on any atom is 0.410 e. The number of aromatic nitrogens is 1. The molecule has 0 radical (unpaired) electrons. The number of phenolic OH excluding ortho intramolecular Hbond substituents is 1. The number of hydrogen-bond acceptors (Lipinski definition) is 8. The minimum Gasteiger partial charge on any atom is -0.508 e. The molecule has 46 heavy (non-hydrogen) atoms. The number of H-pyrrole nitrogens is 1. The topological polar surface area (TPSA) is 171 Å². The molecule has 5 N–H and O–H groups in total. The van der Waals surface area contributed by atoms with Crippen LogP contribution < -0.4 is 16.0 Å². The molecule has 0 saturated carbocycles. The Bertz CT molecular complexity index is 1320. The number of nitrogens with zero attached hydrogens (tertiary/aromatic N) is 1. The third kappa shape index (κ3) is 14.7. The minimum atomic E-state index is -0.962. The van der Waals surface area contributed by atoms with Gasteiger partial charge in [0, 0.05) is 49.7 Å². The van der Waals surface area contributed by atoms with E-state index < -0.39 is 47.0 Å². The highest BCUT2D eigenvalue weighted by atomic mass is 16.6. The Balaban J connectivity index is 2.00. The van der Waals surface area contributed by atoms with Gasteiger partial charge in [-0.1, -0.05) is 0 Å². The SMILES string of the molecule is CC(C)(C)OC(=O)NCCCCN(CCCNC(=O)C(Cc1c[nH]c2ccc(O)cc12)NC(=O)OC(C)(C)C)C(=O)OC(C)(C)C. The molecule has 13 heteroatoms. The first-order chi connectivity index (χ1) is 21.2. The quantitative estimate of drug-likeness (QED) is 0.143. The van der Waals surface area contributed by atoms with Crippen molar-refractivity contribution in [2.45, 2.75) is 111 Å². The van der Waals surface area contributed by atoms with E-state index in [9.17, 15) is 24.3 Å². The van der Waals surface area contributed by atoms with E-state index in [-0.39, 0.29) is 18.7 Å². The molecule has 1 heterocycles. The van der Waals surface area contributed by atoms with Crippen LogP contribution in [0, 0.1) is 0 Å². The Hall–Kier alpha value is -4.16. The molecule has 1 aromatic carbocycles. The van der Waals surface area contributed by atoms with Crippen molar-refractivity contribution in [1.29, 1.82) is 0 Å². The highest BCUT2D eigenvalue weighted by Gasteiger charge is 2.26. The number of phenols is 1. The van der Waals surface area contributed by atoms with Crippen molar-refractivity contribution in [3.63, 3.8) is 0 Å². The van der Waals surface area contributed by atoms with Crippen LogP contribution in [0.1, 0.15) is 87.1 Å². The molecule has 1 aromatic heterocycles. The molecule has 13 nitrogen and oxygen atoms in total. The van der Waals surface area contributed by atoms with Crippen molar-refractivity contribution in [3.05, 3.63) is 30.0 Å². The molecule has 0 spiro atoms. The fraction of sp³-hybridized carbons (Fsp3) is 0.636. The summed E-state index contributed by atoms with van der Waals surface area (Å²) >= 11 is 0. The van der Waals surface area contributed by atoms with Crippen molar-refractivity contribution < 1.29 is 38.5 Å². The Morgan fingerprint density at radius 3 is 2.02 bits per heavy atom. The maximum atomic E-state index is 13.3. The highest BCUT2D eigenvalue weighted by molar-refractivity contribution is 5.89. The molecule has 258 valence electrons. The summed E-state index contributed by atoms with van der Waals surface area (Å²) in [5.74, 6) is -0.333. The summed E-state index contributed by atoms with van der Waals surface area (Å²) < 4.78 is 16.2. The lowest BCUT2D eigenvalue weighted by atomic mass is 10.0. The molecular weight excluding hydrogens is 594 g/mol. The second kappa shape index (κ2) is 16.4. The summed E-state index contributed by atoms with van der Waals surface area (Å²) in [4.78, 5) is 55.5. The highest BCUT2D eigenvalue weighted by Crippen LogP contribution is 2.24. The van der Waals surface area contributed by atoms with Crippen LogP contribution in [0.2, 0.25) is 0 Å². The first-order valence-corrected chi connectivity index (χ1v) is 15.7. The molecule has 2 rings (SSSR count). The van der Waals surface area contributed by atoms with Crippen molar-refractivity contribution in [2.75, 3.05) is 26.2 Å². The largest absolute Gasteiger partial charge is 0.508 e. The van der Waals surface area contributed by atoms with Crippen LogP contribution in [0.4, 0.5) is 14.4 Å². The van der Waals surface area contributed by atoms with E-state index in [1.165, 1.54) is 0 Å². The number of aromatic amines is 1. The lowest BCUT2D eigenvalue weighted by molar-refractivity contribution is -0.123. The number of carbonyl (C=O) groups is 4. The number of aromatic hydroxyl groups is 1. The molecule has 0 aliphatic heterocycles. The number of fused-ring (bicyclic) bond motifs is 1. The zero-order chi connectivity index (χ0) is 34.7. The van der Waals surface area contributed by atoms with Gasteiger partial charge in [0.05, 0.1) is 0 Å². The Labute approximate surface area is 272 Å². The number of nitrogens with one attached hydrogen (secondary N) is 4. The van der Waals surface area contributed by atoms with Gasteiger partial charge in [-0.25, -0.2) is 14.4 Å². The zero-order valence-electron chi connectivity index (χ0n) is 28.8. The van der Waals surface area contributed by atoms with Crippen LogP contribution in [0.3, 0.4) is 0 Å². The van der Waals surface area contributed by atoms with Gasteiger partial charge in [0.25, 0.3) is 0 Å². The van der Waals surface area contributed by atoms with Crippen molar-refractivity contribution in [2.24, 2.45) is 0 Å². The van der Waals surface area contributed by atoms with Crippen molar-refractivity contribution >= 4 is 35.1 Å². The van der Waals surface area contributed by atoms with E-state index in [4.69, 9.17) is 14.2 Å². The number of amides is 4. The first kappa shape index (κ1) is 38.0. The average Bonchev–Trinajstić information content (AvgIpc) is 3.27. The number of alkyl carbamates (subject to hydrolysis) is 2. The molecular formula is C33H53N5O8. The Kier molecular flexibility index (Phi) is 13.6. The molecule has 0 bridgehead atoms. The maximum absolute atomic E-state index is 13.3. The number of unbranched alkanes of at least 4 members (excludes halogenated alkanes) is 1. The predicted octanol–water partition coefficient (Wildman–Crippen LogP) is 5.36. The van der Waals surface area contributed by atoms with E-state index in [0.29, 0.717) is 38.9 Å². The van der Waals surface area contributed by atoms with Gasteiger partial charge >= 0.3 is 18.3 Å². The number of carbonyl (C=O) groups excluding carboxylic acids is 4. The third-order valence-corrected chi connectivity index (χ3v) is 6.26. The summed E-state index contributed by atoms with van der Waals surface area (Å²) in [6, 6.07) is 3.93. The summed E-state index contributed by atoms with van der Waals surface area (Å²) in [6.07, 6.45) is 1.87. The summed E-state index contributed by atoms with van der Waals surface area (Å²) in [5, 5.41) is 19.0. The molecule has 2 aromatic rings. The second-order valence-electron chi connectivity index (χ2n) is 14.2. The van der Waals surface area contributed by atoms with Crippen LogP contribution in [-0.4, -0.2) is 88.2 Å². The van der Waals surface area contributed by atoms with Crippen LogP contribution in [-0.2, 0) is 25.4 Å². The lowest BCUT2D eigenvalue weighted by Crippen LogP contribution is -2.49. The van der Waals surface area contributed by atoms with Crippen LogP contribution in [0.25, 0.3) is 10.9 Å². The third-order valence-electron chi connectivity index (χ3n) is 6.26.